The lowest BCUT2D eigenvalue weighted by Gasteiger charge is -2.35. The van der Waals surface area contributed by atoms with E-state index in [-0.39, 0.29) is 24.6 Å². The van der Waals surface area contributed by atoms with E-state index < -0.39 is 0 Å². The Balaban J connectivity index is 1.80. The van der Waals surface area contributed by atoms with Crippen molar-refractivity contribution in [3.8, 4) is 5.75 Å². The summed E-state index contributed by atoms with van der Waals surface area (Å²) < 4.78 is 5.79. The molecule has 1 N–H and O–H groups in total. The van der Waals surface area contributed by atoms with Crippen LogP contribution in [0.25, 0.3) is 0 Å². The summed E-state index contributed by atoms with van der Waals surface area (Å²) in [6.45, 7) is 12.8. The number of carbonyl (C=O) groups excluding carboxylic acids is 2. The molecule has 0 atom stereocenters. The predicted octanol–water partition coefficient (Wildman–Crippen LogP) is 3.03. The summed E-state index contributed by atoms with van der Waals surface area (Å²) in [5.74, 6) is 0.689. The van der Waals surface area contributed by atoms with E-state index in [0.717, 1.165) is 48.4 Å². The molecule has 6 heteroatoms. The molecule has 1 aromatic carbocycles. The first-order valence-corrected chi connectivity index (χ1v) is 9.90. The standard InChI is InChI=1S/C21H33N3O3/c1-6-23(7-2)21(26)24-12-10-18(11-13-24)22-19(25)14-27-20-16(4)9-8-15(3)17(20)5/h8-9,18H,6-7,10-14H2,1-5H3,(H,22,25). The molecule has 0 aromatic heterocycles. The fourth-order valence-electron chi connectivity index (χ4n) is 3.46. The Hall–Kier alpha value is -2.24. The molecule has 0 unspecified atom stereocenters. The molecule has 1 aromatic rings. The number of rotatable bonds is 6. The molecule has 3 amide bonds. The van der Waals surface area contributed by atoms with Crippen LogP contribution in [0.3, 0.4) is 0 Å². The maximum Gasteiger partial charge on any atom is 0.319 e. The minimum absolute atomic E-state index is 0.0176. The molecule has 1 aliphatic rings. The van der Waals surface area contributed by atoms with E-state index in [0.29, 0.717) is 13.1 Å². The van der Waals surface area contributed by atoms with Gasteiger partial charge in [-0.3, -0.25) is 4.79 Å². The lowest BCUT2D eigenvalue weighted by atomic mass is 10.1. The summed E-state index contributed by atoms with van der Waals surface area (Å²) in [4.78, 5) is 28.4. The molecule has 0 radical (unpaired) electrons. The number of amides is 3. The van der Waals surface area contributed by atoms with Gasteiger partial charge in [0, 0.05) is 32.2 Å². The molecule has 27 heavy (non-hydrogen) atoms. The lowest BCUT2D eigenvalue weighted by Crippen LogP contribution is -2.51. The Morgan fingerprint density at radius 2 is 1.70 bits per heavy atom. The van der Waals surface area contributed by atoms with Gasteiger partial charge in [-0.05, 0) is 64.2 Å². The number of likely N-dealkylation sites (tertiary alicyclic amines) is 1. The molecule has 1 saturated heterocycles. The van der Waals surface area contributed by atoms with Crippen LogP contribution in [0.1, 0.15) is 43.4 Å². The fraction of sp³-hybridized carbons (Fsp3) is 0.619. The Kier molecular flexibility index (Phi) is 7.51. The monoisotopic (exact) mass is 375 g/mol. The Bertz CT molecular complexity index is 663. The van der Waals surface area contributed by atoms with Crippen molar-refractivity contribution in [3.63, 3.8) is 0 Å². The van der Waals surface area contributed by atoms with Crippen LogP contribution in [0, 0.1) is 20.8 Å². The van der Waals surface area contributed by atoms with Crippen molar-refractivity contribution >= 4 is 11.9 Å². The van der Waals surface area contributed by atoms with Crippen molar-refractivity contribution in [1.82, 2.24) is 15.1 Å². The fourth-order valence-corrected chi connectivity index (χ4v) is 3.46. The SMILES string of the molecule is CCN(CC)C(=O)N1CCC(NC(=O)COc2c(C)ccc(C)c2C)CC1. The van der Waals surface area contributed by atoms with Crippen LogP contribution in [0.5, 0.6) is 5.75 Å². The van der Waals surface area contributed by atoms with Crippen LogP contribution in [-0.2, 0) is 4.79 Å². The zero-order valence-electron chi connectivity index (χ0n) is 17.3. The van der Waals surface area contributed by atoms with Crippen molar-refractivity contribution in [1.29, 1.82) is 0 Å². The number of urea groups is 1. The summed E-state index contributed by atoms with van der Waals surface area (Å²) >= 11 is 0. The molecule has 1 heterocycles. The normalized spacial score (nSPS) is 14.8. The zero-order chi connectivity index (χ0) is 20.0. The van der Waals surface area contributed by atoms with Crippen LogP contribution in [0.15, 0.2) is 12.1 Å². The summed E-state index contributed by atoms with van der Waals surface area (Å²) in [6.07, 6.45) is 1.56. The molecule has 1 fully saturated rings. The molecule has 0 aliphatic carbocycles. The van der Waals surface area contributed by atoms with Gasteiger partial charge in [0.1, 0.15) is 5.75 Å². The van der Waals surface area contributed by atoms with Crippen molar-refractivity contribution in [2.24, 2.45) is 0 Å². The molecule has 6 nitrogen and oxygen atoms in total. The van der Waals surface area contributed by atoms with Gasteiger partial charge in [-0.15, -0.1) is 0 Å². The van der Waals surface area contributed by atoms with Crippen molar-refractivity contribution in [2.75, 3.05) is 32.8 Å². The Morgan fingerprint density at radius 3 is 2.30 bits per heavy atom. The van der Waals surface area contributed by atoms with Gasteiger partial charge in [0.15, 0.2) is 6.61 Å². The van der Waals surface area contributed by atoms with Gasteiger partial charge in [-0.2, -0.15) is 0 Å². The van der Waals surface area contributed by atoms with E-state index in [2.05, 4.69) is 11.4 Å². The number of carbonyl (C=O) groups is 2. The quantitative estimate of drug-likeness (QED) is 0.831. The highest BCUT2D eigenvalue weighted by atomic mass is 16.5. The molecule has 2 rings (SSSR count). The van der Waals surface area contributed by atoms with E-state index in [1.807, 2.05) is 50.5 Å². The molecular weight excluding hydrogens is 342 g/mol. The molecular formula is C21H33N3O3. The molecule has 1 aliphatic heterocycles. The van der Waals surface area contributed by atoms with Gasteiger partial charge < -0.3 is 19.9 Å². The van der Waals surface area contributed by atoms with Gasteiger partial charge in [-0.25, -0.2) is 4.79 Å². The van der Waals surface area contributed by atoms with Crippen LogP contribution >= 0.6 is 0 Å². The third kappa shape index (κ3) is 5.37. The first-order valence-electron chi connectivity index (χ1n) is 9.90. The average Bonchev–Trinajstić information content (AvgIpc) is 2.66. The Labute approximate surface area is 162 Å². The Morgan fingerprint density at radius 1 is 1.11 bits per heavy atom. The minimum atomic E-state index is -0.108. The number of aryl methyl sites for hydroxylation is 2. The first-order chi connectivity index (χ1) is 12.9. The lowest BCUT2D eigenvalue weighted by molar-refractivity contribution is -0.124. The summed E-state index contributed by atoms with van der Waals surface area (Å²) in [5, 5.41) is 3.04. The molecule has 150 valence electrons. The van der Waals surface area contributed by atoms with E-state index >= 15 is 0 Å². The second-order valence-corrected chi connectivity index (χ2v) is 7.23. The highest BCUT2D eigenvalue weighted by Gasteiger charge is 2.26. The third-order valence-electron chi connectivity index (χ3n) is 5.39. The highest BCUT2D eigenvalue weighted by Crippen LogP contribution is 2.25. The second-order valence-electron chi connectivity index (χ2n) is 7.23. The third-order valence-corrected chi connectivity index (χ3v) is 5.39. The summed E-state index contributed by atoms with van der Waals surface area (Å²) in [6, 6.07) is 4.27. The first kappa shape index (κ1) is 21.1. The molecule has 0 saturated carbocycles. The number of ether oxygens (including phenoxy) is 1. The van der Waals surface area contributed by atoms with E-state index in [1.54, 1.807) is 0 Å². The summed E-state index contributed by atoms with van der Waals surface area (Å²) in [7, 11) is 0. The number of benzene rings is 1. The minimum Gasteiger partial charge on any atom is -0.483 e. The van der Waals surface area contributed by atoms with E-state index in [1.165, 1.54) is 0 Å². The smallest absolute Gasteiger partial charge is 0.319 e. The topological polar surface area (TPSA) is 61.9 Å². The van der Waals surface area contributed by atoms with Gasteiger partial charge >= 0.3 is 6.03 Å². The van der Waals surface area contributed by atoms with Crippen LogP contribution in [-0.4, -0.2) is 60.6 Å². The predicted molar refractivity (Wildman–Crippen MR) is 107 cm³/mol. The zero-order valence-corrected chi connectivity index (χ0v) is 17.3. The van der Waals surface area contributed by atoms with Crippen molar-refractivity contribution < 1.29 is 14.3 Å². The van der Waals surface area contributed by atoms with Gasteiger partial charge in [0.2, 0.25) is 0 Å². The van der Waals surface area contributed by atoms with Crippen molar-refractivity contribution in [2.45, 2.75) is 53.5 Å². The number of nitrogens with one attached hydrogen (secondary N) is 1. The number of hydrogen-bond acceptors (Lipinski definition) is 3. The molecule has 0 bridgehead atoms. The van der Waals surface area contributed by atoms with Gasteiger partial charge in [0.05, 0.1) is 0 Å². The van der Waals surface area contributed by atoms with Crippen LogP contribution in [0.4, 0.5) is 4.79 Å². The largest absolute Gasteiger partial charge is 0.483 e. The van der Waals surface area contributed by atoms with Crippen LogP contribution in [0.2, 0.25) is 0 Å². The molecule has 0 spiro atoms. The van der Waals surface area contributed by atoms with Crippen LogP contribution < -0.4 is 10.1 Å². The van der Waals surface area contributed by atoms with Crippen molar-refractivity contribution in [3.05, 3.63) is 28.8 Å². The number of hydrogen-bond donors (Lipinski definition) is 1. The number of piperidine rings is 1. The maximum atomic E-state index is 12.4. The number of nitrogens with zero attached hydrogens (tertiary/aromatic N) is 2. The highest BCUT2D eigenvalue weighted by molar-refractivity contribution is 5.78. The van der Waals surface area contributed by atoms with E-state index in [4.69, 9.17) is 4.74 Å². The maximum absolute atomic E-state index is 12.4. The average molecular weight is 376 g/mol. The van der Waals surface area contributed by atoms with Gasteiger partial charge in [0.25, 0.3) is 5.91 Å². The second kappa shape index (κ2) is 9.62. The van der Waals surface area contributed by atoms with E-state index in [9.17, 15) is 9.59 Å². The van der Waals surface area contributed by atoms with Gasteiger partial charge in [-0.1, -0.05) is 12.1 Å². The summed E-state index contributed by atoms with van der Waals surface area (Å²) in [5.41, 5.74) is 3.27.